The smallest absolute Gasteiger partial charge is 0.164 e. The predicted octanol–water partition coefficient (Wildman–Crippen LogP) is 10.00. The molecule has 7 aromatic carbocycles. The minimum atomic E-state index is 0.652. The van der Waals surface area contributed by atoms with E-state index >= 15 is 0 Å². The number of aromatic nitrogens is 3. The summed E-state index contributed by atoms with van der Waals surface area (Å²) in [6, 6.07) is 52.8. The zero-order valence-electron chi connectivity index (χ0n) is 22.8. The molecule has 0 aliphatic carbocycles. The molecule has 0 saturated carbocycles. The molecule has 0 unspecified atom stereocenters. The van der Waals surface area contributed by atoms with E-state index in [0.717, 1.165) is 38.6 Å². The number of hydrogen-bond acceptors (Lipinski definition) is 3. The van der Waals surface area contributed by atoms with Gasteiger partial charge in [-0.05, 0) is 44.1 Å². The Labute approximate surface area is 243 Å². The van der Waals surface area contributed by atoms with Gasteiger partial charge in [-0.25, -0.2) is 15.0 Å². The molecule has 1 heterocycles. The first kappa shape index (κ1) is 24.2. The Morgan fingerprint density at radius 3 is 1.71 bits per heavy atom. The summed E-state index contributed by atoms with van der Waals surface area (Å²) in [7, 11) is 0. The predicted molar refractivity (Wildman–Crippen MR) is 174 cm³/mol. The van der Waals surface area contributed by atoms with Crippen molar-refractivity contribution >= 4 is 32.3 Å². The highest BCUT2D eigenvalue weighted by molar-refractivity contribution is 6.20. The number of nitrogens with zero attached hydrogens (tertiary/aromatic N) is 3. The van der Waals surface area contributed by atoms with Crippen molar-refractivity contribution in [3.63, 3.8) is 0 Å². The maximum absolute atomic E-state index is 5.13. The van der Waals surface area contributed by atoms with Gasteiger partial charge < -0.3 is 0 Å². The Kier molecular flexibility index (Phi) is 5.79. The van der Waals surface area contributed by atoms with Gasteiger partial charge in [0, 0.05) is 22.1 Å². The van der Waals surface area contributed by atoms with E-state index in [1.54, 1.807) is 0 Å². The number of fused-ring (bicyclic) bond motifs is 5. The Balaban J connectivity index is 1.39. The van der Waals surface area contributed by atoms with Crippen molar-refractivity contribution in [3.05, 3.63) is 152 Å². The molecule has 0 fully saturated rings. The molecule has 42 heavy (non-hydrogen) atoms. The van der Waals surface area contributed by atoms with Gasteiger partial charge in [0.2, 0.25) is 0 Å². The van der Waals surface area contributed by atoms with Crippen molar-refractivity contribution in [2.24, 2.45) is 0 Å². The van der Waals surface area contributed by atoms with E-state index in [1.807, 2.05) is 36.4 Å². The van der Waals surface area contributed by atoms with Gasteiger partial charge >= 0.3 is 0 Å². The average Bonchev–Trinajstić information content (AvgIpc) is 3.08. The summed E-state index contributed by atoms with van der Waals surface area (Å²) in [6.45, 7) is 0. The highest BCUT2D eigenvalue weighted by Gasteiger charge is 2.16. The van der Waals surface area contributed by atoms with Crippen LogP contribution in [0, 0.1) is 0 Å². The highest BCUT2D eigenvalue weighted by Crippen LogP contribution is 2.37. The normalized spacial score (nSPS) is 11.3. The van der Waals surface area contributed by atoms with Gasteiger partial charge in [0.1, 0.15) is 0 Å². The minimum Gasteiger partial charge on any atom is -0.208 e. The molecule has 0 N–H and O–H groups in total. The van der Waals surface area contributed by atoms with Gasteiger partial charge in [0.25, 0.3) is 0 Å². The molecule has 3 nitrogen and oxygen atoms in total. The molecule has 0 amide bonds. The Bertz CT molecular complexity index is 2240. The summed E-state index contributed by atoms with van der Waals surface area (Å²) >= 11 is 0. The molecule has 196 valence electrons. The maximum atomic E-state index is 5.13. The third-order valence-electron chi connectivity index (χ3n) is 7.90. The van der Waals surface area contributed by atoms with Crippen LogP contribution in [0.2, 0.25) is 0 Å². The lowest BCUT2D eigenvalue weighted by atomic mass is 9.94. The molecular weight excluding hydrogens is 510 g/mol. The molecule has 0 spiro atoms. The third kappa shape index (κ3) is 4.20. The summed E-state index contributed by atoms with van der Waals surface area (Å²) in [5.74, 6) is 1.97. The zero-order chi connectivity index (χ0) is 27.9. The third-order valence-corrected chi connectivity index (χ3v) is 7.90. The number of hydrogen-bond donors (Lipinski definition) is 0. The van der Waals surface area contributed by atoms with Crippen LogP contribution < -0.4 is 0 Å². The van der Waals surface area contributed by atoms with Crippen LogP contribution in [-0.2, 0) is 0 Å². The average molecular weight is 536 g/mol. The van der Waals surface area contributed by atoms with Crippen LogP contribution in [0.3, 0.4) is 0 Å². The Morgan fingerprint density at radius 2 is 0.881 bits per heavy atom. The largest absolute Gasteiger partial charge is 0.208 e. The fourth-order valence-corrected chi connectivity index (χ4v) is 5.87. The second-order valence-corrected chi connectivity index (χ2v) is 10.5. The van der Waals surface area contributed by atoms with Crippen LogP contribution in [0.15, 0.2) is 152 Å². The van der Waals surface area contributed by atoms with Crippen molar-refractivity contribution in [2.75, 3.05) is 0 Å². The van der Waals surface area contributed by atoms with Gasteiger partial charge in [0.05, 0.1) is 0 Å². The molecule has 8 rings (SSSR count). The lowest BCUT2D eigenvalue weighted by molar-refractivity contribution is 1.08. The van der Waals surface area contributed by atoms with Crippen LogP contribution in [0.25, 0.3) is 77.6 Å². The molecule has 8 aromatic rings. The van der Waals surface area contributed by atoms with Crippen molar-refractivity contribution in [2.45, 2.75) is 0 Å². The maximum Gasteiger partial charge on any atom is 0.164 e. The van der Waals surface area contributed by atoms with Gasteiger partial charge in [0.15, 0.2) is 17.5 Å². The lowest BCUT2D eigenvalue weighted by Gasteiger charge is -2.13. The van der Waals surface area contributed by atoms with Gasteiger partial charge in [-0.15, -0.1) is 0 Å². The van der Waals surface area contributed by atoms with Crippen LogP contribution in [-0.4, -0.2) is 15.0 Å². The fraction of sp³-hybridized carbons (Fsp3) is 0. The second-order valence-electron chi connectivity index (χ2n) is 10.5. The number of benzene rings is 7. The highest BCUT2D eigenvalue weighted by atomic mass is 15.0. The van der Waals surface area contributed by atoms with Gasteiger partial charge in [-0.2, -0.15) is 0 Å². The van der Waals surface area contributed by atoms with Crippen molar-refractivity contribution in [1.82, 2.24) is 15.0 Å². The summed E-state index contributed by atoms with van der Waals surface area (Å²) in [5.41, 5.74) is 5.18. The van der Waals surface area contributed by atoms with Crippen LogP contribution >= 0.6 is 0 Å². The summed E-state index contributed by atoms with van der Waals surface area (Å²) in [6.07, 6.45) is 0. The fourth-order valence-electron chi connectivity index (χ4n) is 5.87. The van der Waals surface area contributed by atoms with Crippen molar-refractivity contribution < 1.29 is 0 Å². The number of rotatable bonds is 4. The first-order valence-electron chi connectivity index (χ1n) is 14.1. The molecule has 0 aliphatic heterocycles. The molecule has 0 bridgehead atoms. The Hall–Kier alpha value is -5.67. The molecule has 1 aromatic heterocycles. The quantitative estimate of drug-likeness (QED) is 0.211. The van der Waals surface area contributed by atoms with Gasteiger partial charge in [-0.3, -0.25) is 0 Å². The molecule has 0 aliphatic rings. The SMILES string of the molecule is c1ccc(-c2cccc(-c3nc(-c4ccccc4)nc(-c4cccc5ccc6c7ccccc7ccc6c45)n3)c2)cc1. The lowest BCUT2D eigenvalue weighted by Crippen LogP contribution is -2.01. The van der Waals surface area contributed by atoms with E-state index in [-0.39, 0.29) is 0 Å². The van der Waals surface area contributed by atoms with E-state index in [0.29, 0.717) is 17.5 Å². The van der Waals surface area contributed by atoms with Crippen LogP contribution in [0.4, 0.5) is 0 Å². The van der Waals surface area contributed by atoms with E-state index in [4.69, 9.17) is 15.0 Å². The Morgan fingerprint density at radius 1 is 0.310 bits per heavy atom. The molecule has 3 heteroatoms. The topological polar surface area (TPSA) is 38.7 Å². The van der Waals surface area contributed by atoms with E-state index in [9.17, 15) is 0 Å². The van der Waals surface area contributed by atoms with E-state index in [2.05, 4.69) is 115 Å². The summed E-state index contributed by atoms with van der Waals surface area (Å²) in [4.78, 5) is 15.2. The molecule has 0 saturated heterocycles. The monoisotopic (exact) mass is 535 g/mol. The van der Waals surface area contributed by atoms with E-state index < -0.39 is 0 Å². The molecule has 0 atom stereocenters. The van der Waals surface area contributed by atoms with Crippen molar-refractivity contribution in [1.29, 1.82) is 0 Å². The molecular formula is C39H25N3. The summed E-state index contributed by atoms with van der Waals surface area (Å²) in [5, 5.41) is 7.19. The van der Waals surface area contributed by atoms with E-state index in [1.165, 1.54) is 21.5 Å². The molecule has 0 radical (unpaired) electrons. The van der Waals surface area contributed by atoms with Crippen molar-refractivity contribution in [3.8, 4) is 45.3 Å². The first-order chi connectivity index (χ1) is 20.8. The standard InChI is InChI=1S/C39H25N3/c1-3-11-26(12-4-1)30-17-9-18-31(25-30)38-40-37(29-14-5-2-6-15-29)41-39(42-38)35-20-10-16-28-22-23-33-32-19-8-7-13-27(32)21-24-34(33)36(28)35/h1-25H. The van der Waals surface area contributed by atoms with Crippen LogP contribution in [0.5, 0.6) is 0 Å². The van der Waals surface area contributed by atoms with Gasteiger partial charge in [-0.1, -0.05) is 146 Å². The van der Waals surface area contributed by atoms with Crippen LogP contribution in [0.1, 0.15) is 0 Å². The minimum absolute atomic E-state index is 0.652. The summed E-state index contributed by atoms with van der Waals surface area (Å²) < 4.78 is 0. The first-order valence-corrected chi connectivity index (χ1v) is 14.1. The second kappa shape index (κ2) is 10.1. The zero-order valence-corrected chi connectivity index (χ0v) is 22.8.